The van der Waals surface area contributed by atoms with Crippen LogP contribution in [0.25, 0.3) is 11.3 Å². The lowest BCUT2D eigenvalue weighted by molar-refractivity contribution is 0.792. The molecule has 0 spiro atoms. The van der Waals surface area contributed by atoms with Gasteiger partial charge in [0.1, 0.15) is 0 Å². The molecule has 0 fully saturated rings. The molecule has 1 aromatic carbocycles. The van der Waals surface area contributed by atoms with Crippen molar-refractivity contribution in [1.82, 2.24) is 14.9 Å². The lowest BCUT2D eigenvalue weighted by Gasteiger charge is -2.04. The summed E-state index contributed by atoms with van der Waals surface area (Å²) in [6.07, 6.45) is 4.79. The van der Waals surface area contributed by atoms with Gasteiger partial charge in [0.25, 0.3) is 0 Å². The molecule has 2 rings (SSSR count). The van der Waals surface area contributed by atoms with Gasteiger partial charge in [0.2, 0.25) is 0 Å². The fourth-order valence-corrected chi connectivity index (χ4v) is 1.75. The first-order valence-electron chi connectivity index (χ1n) is 5.51. The highest BCUT2D eigenvalue weighted by Crippen LogP contribution is 2.18. The van der Waals surface area contributed by atoms with E-state index in [9.17, 15) is 0 Å². The maximum Gasteiger partial charge on any atom is 0.0948 e. The highest BCUT2D eigenvalue weighted by molar-refractivity contribution is 5.59. The predicted octanol–water partition coefficient (Wildman–Crippen LogP) is 1.85. The summed E-state index contributed by atoms with van der Waals surface area (Å²) >= 11 is 0. The molecular weight excluding hydrogens is 198 g/mol. The highest BCUT2D eigenvalue weighted by Gasteiger charge is 2.01. The molecule has 0 unspecified atom stereocenters. The van der Waals surface area contributed by atoms with Gasteiger partial charge in [0.15, 0.2) is 0 Å². The number of aromatic nitrogens is 2. The molecule has 1 aromatic heterocycles. The Morgan fingerprint density at radius 1 is 1.25 bits per heavy atom. The second kappa shape index (κ2) is 4.94. The Bertz CT molecular complexity index is 442. The van der Waals surface area contributed by atoms with Gasteiger partial charge in [-0.15, -0.1) is 0 Å². The number of imidazole rings is 1. The second-order valence-corrected chi connectivity index (χ2v) is 3.94. The zero-order chi connectivity index (χ0) is 11.4. The SMILES string of the molecule is CNCCc1ccc(-c2cncn2C)cc1. The summed E-state index contributed by atoms with van der Waals surface area (Å²) < 4.78 is 2.03. The minimum atomic E-state index is 1.02. The van der Waals surface area contributed by atoms with Gasteiger partial charge in [-0.05, 0) is 31.1 Å². The van der Waals surface area contributed by atoms with Crippen LogP contribution in [0, 0.1) is 0 Å². The van der Waals surface area contributed by atoms with Gasteiger partial charge in [-0.3, -0.25) is 0 Å². The van der Waals surface area contributed by atoms with Crippen LogP contribution in [0.3, 0.4) is 0 Å². The summed E-state index contributed by atoms with van der Waals surface area (Å²) in [7, 11) is 3.99. The van der Waals surface area contributed by atoms with Crippen LogP contribution in [0.4, 0.5) is 0 Å². The van der Waals surface area contributed by atoms with Crippen molar-refractivity contribution in [2.75, 3.05) is 13.6 Å². The zero-order valence-electron chi connectivity index (χ0n) is 9.77. The van der Waals surface area contributed by atoms with Gasteiger partial charge >= 0.3 is 0 Å². The van der Waals surface area contributed by atoms with E-state index in [1.54, 1.807) is 0 Å². The van der Waals surface area contributed by atoms with E-state index in [1.807, 2.05) is 31.2 Å². The first-order chi connectivity index (χ1) is 7.81. The quantitative estimate of drug-likeness (QED) is 0.843. The van der Waals surface area contributed by atoms with Crippen molar-refractivity contribution in [3.05, 3.63) is 42.4 Å². The van der Waals surface area contributed by atoms with E-state index in [0.29, 0.717) is 0 Å². The van der Waals surface area contributed by atoms with Crippen LogP contribution in [0.2, 0.25) is 0 Å². The molecular formula is C13H17N3. The van der Waals surface area contributed by atoms with Crippen LogP contribution in [-0.2, 0) is 13.5 Å². The molecule has 0 atom stereocenters. The molecule has 0 radical (unpaired) electrons. The predicted molar refractivity (Wildman–Crippen MR) is 66.3 cm³/mol. The Morgan fingerprint density at radius 2 is 2.00 bits per heavy atom. The fourth-order valence-electron chi connectivity index (χ4n) is 1.75. The number of hydrogen-bond donors (Lipinski definition) is 1. The topological polar surface area (TPSA) is 29.9 Å². The third-order valence-electron chi connectivity index (χ3n) is 2.73. The number of benzene rings is 1. The summed E-state index contributed by atoms with van der Waals surface area (Å²) in [4.78, 5) is 4.12. The van der Waals surface area contributed by atoms with Gasteiger partial charge < -0.3 is 9.88 Å². The first-order valence-corrected chi connectivity index (χ1v) is 5.51. The van der Waals surface area contributed by atoms with Crippen molar-refractivity contribution in [2.45, 2.75) is 6.42 Å². The molecule has 3 heteroatoms. The summed E-state index contributed by atoms with van der Waals surface area (Å²) in [5.74, 6) is 0. The van der Waals surface area contributed by atoms with Crippen molar-refractivity contribution in [3.8, 4) is 11.3 Å². The number of nitrogens with zero attached hydrogens (tertiary/aromatic N) is 2. The number of rotatable bonds is 4. The molecule has 0 amide bonds. The molecule has 1 heterocycles. The van der Waals surface area contributed by atoms with Crippen LogP contribution in [0.1, 0.15) is 5.56 Å². The normalized spacial score (nSPS) is 10.6. The molecule has 0 aliphatic rings. The van der Waals surface area contributed by atoms with Crippen LogP contribution >= 0.6 is 0 Å². The molecule has 0 saturated heterocycles. The van der Waals surface area contributed by atoms with Gasteiger partial charge in [0.05, 0.1) is 18.2 Å². The van der Waals surface area contributed by atoms with Crippen LogP contribution in [-0.4, -0.2) is 23.1 Å². The highest BCUT2D eigenvalue weighted by atomic mass is 15.0. The molecule has 2 aromatic rings. The van der Waals surface area contributed by atoms with Crippen molar-refractivity contribution in [3.63, 3.8) is 0 Å². The van der Waals surface area contributed by atoms with Crippen molar-refractivity contribution in [1.29, 1.82) is 0 Å². The van der Waals surface area contributed by atoms with Crippen LogP contribution in [0.15, 0.2) is 36.8 Å². The molecule has 0 aliphatic heterocycles. The van der Waals surface area contributed by atoms with Crippen LogP contribution in [0.5, 0.6) is 0 Å². The Hall–Kier alpha value is -1.61. The minimum absolute atomic E-state index is 1.02. The van der Waals surface area contributed by atoms with E-state index in [4.69, 9.17) is 0 Å². The van der Waals surface area contributed by atoms with Gasteiger partial charge in [-0.1, -0.05) is 24.3 Å². The monoisotopic (exact) mass is 215 g/mol. The number of nitrogens with one attached hydrogen (secondary N) is 1. The zero-order valence-corrected chi connectivity index (χ0v) is 9.77. The smallest absolute Gasteiger partial charge is 0.0948 e. The average Bonchev–Trinajstić information content (AvgIpc) is 2.74. The standard InChI is InChI=1S/C13H17N3/c1-14-8-7-11-3-5-12(6-4-11)13-9-15-10-16(13)2/h3-6,9-10,14H,7-8H2,1-2H3. The molecule has 0 bridgehead atoms. The largest absolute Gasteiger partial charge is 0.334 e. The first kappa shape index (κ1) is 10.9. The lowest BCUT2D eigenvalue weighted by Crippen LogP contribution is -2.10. The van der Waals surface area contributed by atoms with Crippen molar-refractivity contribution >= 4 is 0 Å². The van der Waals surface area contributed by atoms with E-state index in [0.717, 1.165) is 18.7 Å². The molecule has 1 N–H and O–H groups in total. The molecule has 0 aliphatic carbocycles. The average molecular weight is 215 g/mol. The molecule has 0 saturated carbocycles. The number of likely N-dealkylation sites (N-methyl/N-ethyl adjacent to an activating group) is 1. The third kappa shape index (κ3) is 2.31. The van der Waals surface area contributed by atoms with E-state index in [2.05, 4.69) is 34.6 Å². The Morgan fingerprint density at radius 3 is 2.56 bits per heavy atom. The second-order valence-electron chi connectivity index (χ2n) is 3.94. The van der Waals surface area contributed by atoms with E-state index in [1.165, 1.54) is 11.1 Å². The van der Waals surface area contributed by atoms with Gasteiger partial charge in [-0.2, -0.15) is 0 Å². The molecule has 84 valence electrons. The fraction of sp³-hybridized carbons (Fsp3) is 0.308. The summed E-state index contributed by atoms with van der Waals surface area (Å²) in [5, 5.41) is 3.15. The van der Waals surface area contributed by atoms with E-state index >= 15 is 0 Å². The Kier molecular flexibility index (Phi) is 3.37. The van der Waals surface area contributed by atoms with E-state index in [-0.39, 0.29) is 0 Å². The Labute approximate surface area is 96.1 Å². The summed E-state index contributed by atoms with van der Waals surface area (Å²) in [6, 6.07) is 8.67. The van der Waals surface area contributed by atoms with Crippen molar-refractivity contribution < 1.29 is 0 Å². The molecule has 3 nitrogen and oxygen atoms in total. The third-order valence-corrected chi connectivity index (χ3v) is 2.73. The maximum absolute atomic E-state index is 4.12. The van der Waals surface area contributed by atoms with Crippen LogP contribution < -0.4 is 5.32 Å². The minimum Gasteiger partial charge on any atom is -0.334 e. The summed E-state index contributed by atoms with van der Waals surface area (Å²) in [6.45, 7) is 1.02. The lowest BCUT2D eigenvalue weighted by atomic mass is 10.1. The van der Waals surface area contributed by atoms with Crippen molar-refractivity contribution in [2.24, 2.45) is 7.05 Å². The van der Waals surface area contributed by atoms with Gasteiger partial charge in [0, 0.05) is 7.05 Å². The van der Waals surface area contributed by atoms with Gasteiger partial charge in [-0.25, -0.2) is 4.98 Å². The van der Waals surface area contributed by atoms with E-state index < -0.39 is 0 Å². The number of aryl methyl sites for hydroxylation is 1. The Balaban J connectivity index is 2.16. The number of hydrogen-bond acceptors (Lipinski definition) is 2. The molecule has 16 heavy (non-hydrogen) atoms. The summed E-state index contributed by atoms with van der Waals surface area (Å²) in [5.41, 5.74) is 3.73. The maximum atomic E-state index is 4.12.